The number of halogens is 2. The molecule has 0 aromatic rings. The molecule has 1 nitrogen and oxygen atoms in total. The molecule has 2 aliphatic rings. The van der Waals surface area contributed by atoms with Crippen LogP contribution >= 0.6 is 0 Å². The maximum Gasteiger partial charge on any atom is 0.249 e. The Morgan fingerprint density at radius 2 is 1.86 bits per heavy atom. The summed E-state index contributed by atoms with van der Waals surface area (Å²) >= 11 is 0. The molecule has 0 amide bonds. The molecule has 0 saturated heterocycles. The van der Waals surface area contributed by atoms with Crippen molar-refractivity contribution in [1.82, 2.24) is 5.32 Å². The average Bonchev–Trinajstić information content (AvgIpc) is 1.91. The van der Waals surface area contributed by atoms with Gasteiger partial charge in [0.15, 0.2) is 0 Å². The third kappa shape index (κ3) is 1.92. The van der Waals surface area contributed by atoms with Gasteiger partial charge in [-0.1, -0.05) is 13.8 Å². The van der Waals surface area contributed by atoms with E-state index in [-0.39, 0.29) is 18.3 Å². The van der Waals surface area contributed by atoms with Gasteiger partial charge in [-0.3, -0.25) is 0 Å². The first kappa shape index (κ1) is 10.3. The molecule has 1 N–H and O–H groups in total. The smallest absolute Gasteiger partial charge is 0.249 e. The monoisotopic (exact) mass is 203 g/mol. The number of hydrogen-bond acceptors (Lipinski definition) is 1. The second kappa shape index (κ2) is 3.16. The summed E-state index contributed by atoms with van der Waals surface area (Å²) in [6.07, 6.45) is 2.21. The lowest BCUT2D eigenvalue weighted by molar-refractivity contribution is -0.198. The van der Waals surface area contributed by atoms with E-state index in [1.807, 2.05) is 0 Å². The highest BCUT2D eigenvalue weighted by Gasteiger charge is 2.61. The molecule has 82 valence electrons. The van der Waals surface area contributed by atoms with Crippen LogP contribution in [0.5, 0.6) is 0 Å². The van der Waals surface area contributed by atoms with Crippen LogP contribution < -0.4 is 5.32 Å². The van der Waals surface area contributed by atoms with Gasteiger partial charge in [0.05, 0.1) is 0 Å². The largest absolute Gasteiger partial charge is 0.314 e. The molecule has 2 saturated carbocycles. The van der Waals surface area contributed by atoms with Crippen molar-refractivity contribution in [1.29, 1.82) is 0 Å². The Balaban J connectivity index is 1.66. The summed E-state index contributed by atoms with van der Waals surface area (Å²) in [5.74, 6) is -1.70. The van der Waals surface area contributed by atoms with Gasteiger partial charge in [0.25, 0.3) is 0 Å². The molecule has 2 rings (SSSR count). The van der Waals surface area contributed by atoms with Crippen LogP contribution in [0.25, 0.3) is 0 Å². The van der Waals surface area contributed by atoms with Crippen LogP contribution in [0.1, 0.15) is 39.5 Å². The lowest BCUT2D eigenvalue weighted by Gasteiger charge is -2.57. The standard InChI is InChI=1S/C11H19F2N/c1-8(2)5-14-9-3-10(4-9)6-11(12,13)7-10/h8-9,14H,3-7H2,1-2H3. The van der Waals surface area contributed by atoms with Gasteiger partial charge in [-0.15, -0.1) is 0 Å². The summed E-state index contributed by atoms with van der Waals surface area (Å²) in [6.45, 7) is 5.34. The quantitative estimate of drug-likeness (QED) is 0.743. The summed E-state index contributed by atoms with van der Waals surface area (Å²) < 4.78 is 25.4. The first-order valence-corrected chi connectivity index (χ1v) is 5.52. The highest BCUT2D eigenvalue weighted by Crippen LogP contribution is 2.62. The van der Waals surface area contributed by atoms with Crippen LogP contribution in [0.3, 0.4) is 0 Å². The normalized spacial score (nSPS) is 28.9. The number of nitrogens with one attached hydrogen (secondary N) is 1. The Bertz CT molecular complexity index is 209. The first-order valence-electron chi connectivity index (χ1n) is 5.52. The van der Waals surface area contributed by atoms with Crippen LogP contribution in [0.15, 0.2) is 0 Å². The van der Waals surface area contributed by atoms with Crippen LogP contribution in [0.4, 0.5) is 8.78 Å². The Hall–Kier alpha value is -0.180. The molecule has 0 aromatic carbocycles. The fraction of sp³-hybridized carbons (Fsp3) is 1.00. The van der Waals surface area contributed by atoms with E-state index in [0.29, 0.717) is 12.0 Å². The van der Waals surface area contributed by atoms with Crippen molar-refractivity contribution in [3.8, 4) is 0 Å². The zero-order valence-electron chi connectivity index (χ0n) is 8.95. The molecule has 0 bridgehead atoms. The van der Waals surface area contributed by atoms with Crippen molar-refractivity contribution in [3.63, 3.8) is 0 Å². The molecule has 3 heteroatoms. The molecule has 0 atom stereocenters. The average molecular weight is 203 g/mol. The predicted molar refractivity (Wildman–Crippen MR) is 52.5 cm³/mol. The Morgan fingerprint density at radius 1 is 1.29 bits per heavy atom. The Kier molecular flexibility index (Phi) is 2.33. The van der Waals surface area contributed by atoms with Crippen LogP contribution in [-0.4, -0.2) is 18.5 Å². The summed E-state index contributed by atoms with van der Waals surface area (Å²) in [5.41, 5.74) is 0.0259. The maximum atomic E-state index is 12.7. The molecular formula is C11H19F2N. The van der Waals surface area contributed by atoms with Crippen molar-refractivity contribution in [2.45, 2.75) is 51.5 Å². The minimum Gasteiger partial charge on any atom is -0.314 e. The SMILES string of the molecule is CC(C)CNC1CC2(C1)CC(F)(F)C2. The van der Waals surface area contributed by atoms with E-state index in [0.717, 1.165) is 19.4 Å². The van der Waals surface area contributed by atoms with Gasteiger partial charge in [0.1, 0.15) is 0 Å². The Morgan fingerprint density at radius 3 is 2.29 bits per heavy atom. The second-order valence-electron chi connectivity index (χ2n) is 5.62. The van der Waals surface area contributed by atoms with Gasteiger partial charge < -0.3 is 5.32 Å². The van der Waals surface area contributed by atoms with Gasteiger partial charge in [-0.05, 0) is 30.7 Å². The second-order valence-corrected chi connectivity index (χ2v) is 5.62. The third-order valence-electron chi connectivity index (χ3n) is 3.44. The van der Waals surface area contributed by atoms with Crippen LogP contribution in [0, 0.1) is 11.3 Å². The predicted octanol–water partition coefficient (Wildman–Crippen LogP) is 2.81. The zero-order valence-corrected chi connectivity index (χ0v) is 8.95. The lowest BCUT2D eigenvalue weighted by Crippen LogP contribution is -2.59. The zero-order chi connectivity index (χ0) is 10.4. The fourth-order valence-electron chi connectivity index (χ4n) is 2.87. The van der Waals surface area contributed by atoms with Gasteiger partial charge in [-0.2, -0.15) is 0 Å². The van der Waals surface area contributed by atoms with E-state index in [1.54, 1.807) is 0 Å². The number of alkyl halides is 2. The van der Waals surface area contributed by atoms with Gasteiger partial charge in [0, 0.05) is 18.9 Å². The van der Waals surface area contributed by atoms with Crippen LogP contribution in [0.2, 0.25) is 0 Å². The summed E-state index contributed by atoms with van der Waals surface area (Å²) in [7, 11) is 0. The van der Waals surface area contributed by atoms with E-state index in [9.17, 15) is 8.78 Å². The molecule has 2 fully saturated rings. The third-order valence-corrected chi connectivity index (χ3v) is 3.44. The first-order chi connectivity index (χ1) is 6.41. The number of hydrogen-bond donors (Lipinski definition) is 1. The van der Waals surface area contributed by atoms with Crippen LogP contribution in [-0.2, 0) is 0 Å². The van der Waals surface area contributed by atoms with E-state index >= 15 is 0 Å². The molecule has 0 heterocycles. The Labute approximate surface area is 84.3 Å². The summed E-state index contributed by atoms with van der Waals surface area (Å²) in [6, 6.07) is 0.508. The molecule has 0 radical (unpaired) electrons. The molecule has 0 unspecified atom stereocenters. The molecular weight excluding hydrogens is 184 g/mol. The topological polar surface area (TPSA) is 12.0 Å². The van der Waals surface area contributed by atoms with Crippen molar-refractivity contribution in [2.75, 3.05) is 6.54 Å². The summed E-state index contributed by atoms with van der Waals surface area (Å²) in [4.78, 5) is 0. The summed E-state index contributed by atoms with van der Waals surface area (Å²) in [5, 5.41) is 3.42. The minimum absolute atomic E-state index is 0.0259. The lowest BCUT2D eigenvalue weighted by atomic mass is 9.52. The highest BCUT2D eigenvalue weighted by molar-refractivity contribution is 5.08. The van der Waals surface area contributed by atoms with Gasteiger partial charge in [0.2, 0.25) is 5.92 Å². The minimum atomic E-state index is -2.34. The van der Waals surface area contributed by atoms with Crippen molar-refractivity contribution >= 4 is 0 Å². The van der Waals surface area contributed by atoms with Gasteiger partial charge >= 0.3 is 0 Å². The van der Waals surface area contributed by atoms with E-state index < -0.39 is 5.92 Å². The van der Waals surface area contributed by atoms with E-state index in [2.05, 4.69) is 19.2 Å². The van der Waals surface area contributed by atoms with E-state index in [4.69, 9.17) is 0 Å². The molecule has 0 aliphatic heterocycles. The molecule has 1 spiro atoms. The maximum absolute atomic E-state index is 12.7. The van der Waals surface area contributed by atoms with Crippen molar-refractivity contribution in [3.05, 3.63) is 0 Å². The number of rotatable bonds is 3. The van der Waals surface area contributed by atoms with Gasteiger partial charge in [-0.25, -0.2) is 8.78 Å². The van der Waals surface area contributed by atoms with E-state index in [1.165, 1.54) is 0 Å². The molecule has 14 heavy (non-hydrogen) atoms. The van der Waals surface area contributed by atoms with Crippen molar-refractivity contribution in [2.24, 2.45) is 11.3 Å². The molecule has 2 aliphatic carbocycles. The fourth-order valence-corrected chi connectivity index (χ4v) is 2.87. The highest BCUT2D eigenvalue weighted by atomic mass is 19.3. The molecule has 0 aromatic heterocycles. The van der Waals surface area contributed by atoms with Crippen molar-refractivity contribution < 1.29 is 8.78 Å².